The lowest BCUT2D eigenvalue weighted by Crippen LogP contribution is -2.16. The van der Waals surface area contributed by atoms with Crippen LogP contribution in [0, 0.1) is 5.92 Å². The van der Waals surface area contributed by atoms with Crippen molar-refractivity contribution in [3.8, 4) is 5.75 Å². The lowest BCUT2D eigenvalue weighted by molar-refractivity contribution is -0.139. The Labute approximate surface area is 95.3 Å². The summed E-state index contributed by atoms with van der Waals surface area (Å²) < 4.78 is 5.13. The molecule has 0 unspecified atom stereocenters. The average Bonchev–Trinajstić information content (AvgIpc) is 2.25. The van der Waals surface area contributed by atoms with Gasteiger partial charge < -0.3 is 9.84 Å². The summed E-state index contributed by atoms with van der Waals surface area (Å²) in [4.78, 5) is 15.3. The number of carboxylic acid groups (broad SMARTS) is 1. The van der Waals surface area contributed by atoms with Crippen LogP contribution in [0.5, 0.6) is 5.75 Å². The Morgan fingerprint density at radius 3 is 2.75 bits per heavy atom. The second kappa shape index (κ2) is 5.49. The molecular weight excluding hydrogens is 206 g/mol. The molecule has 0 bridgehead atoms. The first-order chi connectivity index (χ1) is 7.56. The van der Waals surface area contributed by atoms with Gasteiger partial charge in [0.25, 0.3) is 0 Å². The number of methoxy groups -OCH3 is 1. The van der Waals surface area contributed by atoms with Crippen LogP contribution in [0.3, 0.4) is 0 Å². The van der Waals surface area contributed by atoms with Crippen molar-refractivity contribution >= 4 is 5.97 Å². The van der Waals surface area contributed by atoms with Crippen LogP contribution >= 0.6 is 0 Å². The zero-order valence-electron chi connectivity index (χ0n) is 9.80. The summed E-state index contributed by atoms with van der Waals surface area (Å²) in [6.07, 6.45) is 2.15. The zero-order chi connectivity index (χ0) is 12.1. The monoisotopic (exact) mass is 223 g/mol. The smallest absolute Gasteiger partial charge is 0.312 e. The number of hydrogen-bond acceptors (Lipinski definition) is 3. The van der Waals surface area contributed by atoms with Crippen LogP contribution in [0.1, 0.15) is 31.9 Å². The van der Waals surface area contributed by atoms with Crippen molar-refractivity contribution in [2.45, 2.75) is 26.2 Å². The molecule has 0 aromatic carbocycles. The van der Waals surface area contributed by atoms with Gasteiger partial charge in [-0.15, -0.1) is 0 Å². The van der Waals surface area contributed by atoms with Gasteiger partial charge in [0, 0.05) is 6.20 Å². The van der Waals surface area contributed by atoms with Crippen molar-refractivity contribution < 1.29 is 14.6 Å². The average molecular weight is 223 g/mol. The molecule has 0 saturated heterocycles. The van der Waals surface area contributed by atoms with E-state index >= 15 is 0 Å². The van der Waals surface area contributed by atoms with Gasteiger partial charge in [-0.1, -0.05) is 13.8 Å². The molecule has 0 aliphatic heterocycles. The van der Waals surface area contributed by atoms with E-state index < -0.39 is 11.9 Å². The molecule has 16 heavy (non-hydrogen) atoms. The molecule has 1 rings (SSSR count). The minimum atomic E-state index is -0.856. The number of nitrogens with zero attached hydrogens (tertiary/aromatic N) is 1. The van der Waals surface area contributed by atoms with Gasteiger partial charge in [-0.05, 0) is 24.5 Å². The van der Waals surface area contributed by atoms with E-state index in [2.05, 4.69) is 4.98 Å². The molecule has 0 radical (unpaired) electrons. The maximum Gasteiger partial charge on any atom is 0.312 e. The van der Waals surface area contributed by atoms with Crippen LogP contribution in [0.25, 0.3) is 0 Å². The molecule has 0 aliphatic carbocycles. The fraction of sp³-hybridized carbons (Fsp3) is 0.500. The van der Waals surface area contributed by atoms with Crippen LogP contribution in [0.15, 0.2) is 18.3 Å². The topological polar surface area (TPSA) is 59.4 Å². The van der Waals surface area contributed by atoms with Crippen LogP contribution in [-0.4, -0.2) is 23.2 Å². The third kappa shape index (κ3) is 2.95. The molecule has 4 heteroatoms. The fourth-order valence-corrected chi connectivity index (χ4v) is 1.64. The summed E-state index contributed by atoms with van der Waals surface area (Å²) >= 11 is 0. The molecule has 1 heterocycles. The van der Waals surface area contributed by atoms with E-state index in [1.165, 1.54) is 7.11 Å². The quantitative estimate of drug-likeness (QED) is 0.832. The highest BCUT2D eigenvalue weighted by molar-refractivity contribution is 5.76. The van der Waals surface area contributed by atoms with Crippen molar-refractivity contribution in [3.05, 3.63) is 24.0 Å². The lowest BCUT2D eigenvalue weighted by Gasteiger charge is -2.16. The van der Waals surface area contributed by atoms with Gasteiger partial charge in [0.1, 0.15) is 11.7 Å². The Kier molecular flexibility index (Phi) is 4.28. The number of ether oxygens (including phenoxy) is 1. The predicted molar refractivity (Wildman–Crippen MR) is 60.6 cm³/mol. The van der Waals surface area contributed by atoms with Crippen molar-refractivity contribution in [2.75, 3.05) is 7.11 Å². The first-order valence-electron chi connectivity index (χ1n) is 5.28. The van der Waals surface area contributed by atoms with E-state index in [1.807, 2.05) is 13.8 Å². The summed E-state index contributed by atoms with van der Waals surface area (Å²) in [5.41, 5.74) is 0.506. The van der Waals surface area contributed by atoms with Crippen molar-refractivity contribution in [2.24, 2.45) is 5.92 Å². The molecule has 1 aromatic heterocycles. The molecule has 1 atom stereocenters. The highest BCUT2D eigenvalue weighted by atomic mass is 16.5. The summed E-state index contributed by atoms with van der Waals surface area (Å²) in [7, 11) is 1.52. The Morgan fingerprint density at radius 1 is 1.56 bits per heavy atom. The number of carbonyl (C=O) groups is 1. The van der Waals surface area contributed by atoms with Crippen molar-refractivity contribution in [1.82, 2.24) is 4.98 Å². The van der Waals surface area contributed by atoms with E-state index in [4.69, 9.17) is 4.74 Å². The van der Waals surface area contributed by atoms with Crippen LogP contribution in [0.4, 0.5) is 0 Å². The van der Waals surface area contributed by atoms with Crippen molar-refractivity contribution in [3.63, 3.8) is 0 Å². The Balaban J connectivity index is 3.05. The summed E-state index contributed by atoms with van der Waals surface area (Å²) in [6, 6.07) is 3.47. The minimum absolute atomic E-state index is 0.299. The number of rotatable bonds is 5. The number of carboxylic acids is 1. The second-order valence-electron chi connectivity index (χ2n) is 4.11. The third-order valence-electron chi connectivity index (χ3n) is 2.35. The Hall–Kier alpha value is -1.58. The number of hydrogen-bond donors (Lipinski definition) is 1. The molecular formula is C12H17NO3. The summed E-state index contributed by atoms with van der Waals surface area (Å²) in [5.74, 6) is -0.620. The van der Waals surface area contributed by atoms with E-state index in [0.717, 1.165) is 0 Å². The standard InChI is InChI=1S/C12H17NO3/c1-8(2)7-9(12(14)15)11-10(16-3)5-4-6-13-11/h4-6,8-9H,7H2,1-3H3,(H,14,15)/t9-/m0/s1. The third-order valence-corrected chi connectivity index (χ3v) is 2.35. The van der Waals surface area contributed by atoms with Gasteiger partial charge >= 0.3 is 5.97 Å². The SMILES string of the molecule is COc1cccnc1[C@H](CC(C)C)C(=O)O. The van der Waals surface area contributed by atoms with Crippen LogP contribution in [0.2, 0.25) is 0 Å². The molecule has 0 aliphatic rings. The van der Waals surface area contributed by atoms with E-state index in [1.54, 1.807) is 18.3 Å². The van der Waals surface area contributed by atoms with Gasteiger partial charge in [0.15, 0.2) is 0 Å². The number of pyridine rings is 1. The summed E-state index contributed by atoms with van der Waals surface area (Å²) in [6.45, 7) is 3.98. The fourth-order valence-electron chi connectivity index (χ4n) is 1.64. The molecule has 0 saturated carbocycles. The maximum atomic E-state index is 11.2. The van der Waals surface area contributed by atoms with E-state index in [0.29, 0.717) is 23.8 Å². The van der Waals surface area contributed by atoms with Gasteiger partial charge in [-0.25, -0.2) is 0 Å². The minimum Gasteiger partial charge on any atom is -0.495 e. The molecule has 88 valence electrons. The van der Waals surface area contributed by atoms with Crippen LogP contribution in [-0.2, 0) is 4.79 Å². The highest BCUT2D eigenvalue weighted by Gasteiger charge is 2.25. The Morgan fingerprint density at radius 2 is 2.25 bits per heavy atom. The van der Waals surface area contributed by atoms with Gasteiger partial charge in [0.05, 0.1) is 12.8 Å². The van der Waals surface area contributed by atoms with Gasteiger partial charge in [-0.3, -0.25) is 9.78 Å². The molecule has 0 spiro atoms. The normalized spacial score (nSPS) is 12.5. The summed E-state index contributed by atoms with van der Waals surface area (Å²) in [5, 5.41) is 9.20. The molecule has 4 nitrogen and oxygen atoms in total. The zero-order valence-corrected chi connectivity index (χ0v) is 9.80. The van der Waals surface area contributed by atoms with E-state index in [9.17, 15) is 9.90 Å². The lowest BCUT2D eigenvalue weighted by atomic mass is 9.93. The number of aliphatic carboxylic acids is 1. The Bertz CT molecular complexity index is 363. The molecule has 1 aromatic rings. The van der Waals surface area contributed by atoms with Crippen molar-refractivity contribution in [1.29, 1.82) is 0 Å². The first kappa shape index (κ1) is 12.5. The van der Waals surface area contributed by atoms with Gasteiger partial charge in [-0.2, -0.15) is 0 Å². The first-order valence-corrected chi connectivity index (χ1v) is 5.28. The molecule has 0 fully saturated rings. The highest BCUT2D eigenvalue weighted by Crippen LogP contribution is 2.29. The molecule has 0 amide bonds. The largest absolute Gasteiger partial charge is 0.495 e. The van der Waals surface area contributed by atoms with E-state index in [-0.39, 0.29) is 0 Å². The number of aromatic nitrogens is 1. The van der Waals surface area contributed by atoms with Crippen LogP contribution < -0.4 is 4.74 Å². The van der Waals surface area contributed by atoms with Gasteiger partial charge in [0.2, 0.25) is 0 Å². The maximum absolute atomic E-state index is 11.2. The second-order valence-corrected chi connectivity index (χ2v) is 4.11. The predicted octanol–water partition coefficient (Wildman–Crippen LogP) is 2.30. The molecule has 1 N–H and O–H groups in total.